The number of carbonyl (C=O) groups excluding carboxylic acids is 2. The molecule has 0 spiro atoms. The van der Waals surface area contributed by atoms with E-state index in [4.69, 9.17) is 0 Å². The molecule has 2 aliphatic rings. The van der Waals surface area contributed by atoms with Crippen molar-refractivity contribution in [1.82, 2.24) is 16.0 Å². The van der Waals surface area contributed by atoms with Crippen LogP contribution in [-0.4, -0.2) is 36.5 Å². The number of nitrogens with one attached hydrogen (secondary N) is 3. The van der Waals surface area contributed by atoms with Crippen LogP contribution in [0.1, 0.15) is 39.5 Å². The van der Waals surface area contributed by atoms with Gasteiger partial charge in [-0.1, -0.05) is 0 Å². The Labute approximate surface area is 108 Å². The average molecular weight is 253 g/mol. The lowest BCUT2D eigenvalue weighted by Gasteiger charge is -2.29. The second kappa shape index (κ2) is 5.69. The Morgan fingerprint density at radius 3 is 2.61 bits per heavy atom. The van der Waals surface area contributed by atoms with Crippen LogP contribution in [0.25, 0.3) is 0 Å². The van der Waals surface area contributed by atoms with Crippen LogP contribution in [0.15, 0.2) is 0 Å². The van der Waals surface area contributed by atoms with Crippen molar-refractivity contribution >= 4 is 11.8 Å². The second-order valence-corrected chi connectivity index (χ2v) is 5.50. The highest BCUT2D eigenvalue weighted by molar-refractivity contribution is 5.88. The first-order valence-electron chi connectivity index (χ1n) is 6.92. The van der Waals surface area contributed by atoms with Crippen LogP contribution in [0.4, 0.5) is 0 Å². The van der Waals surface area contributed by atoms with Gasteiger partial charge in [-0.25, -0.2) is 0 Å². The first-order chi connectivity index (χ1) is 8.58. The molecular formula is C13H23N3O2. The van der Waals surface area contributed by atoms with E-state index in [0.717, 1.165) is 32.2 Å². The second-order valence-electron chi connectivity index (χ2n) is 5.50. The van der Waals surface area contributed by atoms with Crippen LogP contribution in [0.3, 0.4) is 0 Å². The third-order valence-electron chi connectivity index (χ3n) is 3.77. The van der Waals surface area contributed by atoms with Gasteiger partial charge in [-0.3, -0.25) is 9.59 Å². The topological polar surface area (TPSA) is 70.2 Å². The van der Waals surface area contributed by atoms with Crippen molar-refractivity contribution in [1.29, 1.82) is 0 Å². The number of hydrogen-bond acceptors (Lipinski definition) is 3. The zero-order chi connectivity index (χ0) is 13.1. The maximum Gasteiger partial charge on any atom is 0.242 e. The van der Waals surface area contributed by atoms with Gasteiger partial charge in [0.2, 0.25) is 11.8 Å². The van der Waals surface area contributed by atoms with Gasteiger partial charge in [-0.15, -0.1) is 0 Å². The van der Waals surface area contributed by atoms with E-state index in [1.807, 2.05) is 6.92 Å². The molecule has 1 aliphatic heterocycles. The molecule has 1 saturated carbocycles. The molecule has 2 amide bonds. The summed E-state index contributed by atoms with van der Waals surface area (Å²) in [6.45, 7) is 4.75. The van der Waals surface area contributed by atoms with Crippen LogP contribution in [0.5, 0.6) is 0 Å². The van der Waals surface area contributed by atoms with Gasteiger partial charge in [-0.2, -0.15) is 0 Å². The normalized spacial score (nSPS) is 29.4. The Morgan fingerprint density at radius 2 is 2.00 bits per heavy atom. The fourth-order valence-electron chi connectivity index (χ4n) is 2.34. The van der Waals surface area contributed by atoms with E-state index in [1.165, 1.54) is 0 Å². The van der Waals surface area contributed by atoms with Crippen molar-refractivity contribution in [3.05, 3.63) is 0 Å². The Kier molecular flexibility index (Phi) is 4.22. The van der Waals surface area contributed by atoms with E-state index >= 15 is 0 Å². The highest BCUT2D eigenvalue weighted by Crippen LogP contribution is 2.19. The van der Waals surface area contributed by atoms with Crippen LogP contribution in [0, 0.1) is 5.92 Å². The zero-order valence-electron chi connectivity index (χ0n) is 11.2. The lowest BCUT2D eigenvalue weighted by molar-refractivity contribution is -0.131. The predicted molar refractivity (Wildman–Crippen MR) is 69.0 cm³/mol. The minimum atomic E-state index is -0.438. The average Bonchev–Trinajstić information content (AvgIpc) is 3.13. The fraction of sp³-hybridized carbons (Fsp3) is 0.846. The summed E-state index contributed by atoms with van der Waals surface area (Å²) in [4.78, 5) is 23.8. The molecule has 0 radical (unpaired) electrons. The minimum absolute atomic E-state index is 0.00635. The Hall–Kier alpha value is -1.10. The van der Waals surface area contributed by atoms with Gasteiger partial charge in [0.05, 0.1) is 5.92 Å². The van der Waals surface area contributed by atoms with Gasteiger partial charge in [0.15, 0.2) is 0 Å². The van der Waals surface area contributed by atoms with E-state index in [-0.39, 0.29) is 23.8 Å². The summed E-state index contributed by atoms with van der Waals surface area (Å²) in [6, 6.07) is 0.0943. The minimum Gasteiger partial charge on any atom is -0.352 e. The van der Waals surface area contributed by atoms with Crippen molar-refractivity contribution in [3.8, 4) is 0 Å². The summed E-state index contributed by atoms with van der Waals surface area (Å²) < 4.78 is 0. The molecular weight excluding hydrogens is 230 g/mol. The molecule has 0 bridgehead atoms. The first kappa shape index (κ1) is 13.3. The fourth-order valence-corrected chi connectivity index (χ4v) is 2.34. The predicted octanol–water partition coefficient (Wildman–Crippen LogP) is 0.158. The van der Waals surface area contributed by atoms with Crippen molar-refractivity contribution < 1.29 is 9.59 Å². The standard InChI is InChI=1S/C13H23N3O2/c1-8-11(4-3-7-14-8)13(18)15-9(2)12(17)16-10-5-6-10/h8-11,14H,3-7H2,1-2H3,(H,15,18)(H,16,17). The van der Waals surface area contributed by atoms with Gasteiger partial charge < -0.3 is 16.0 Å². The number of hydrogen-bond donors (Lipinski definition) is 3. The number of rotatable bonds is 4. The molecule has 5 nitrogen and oxygen atoms in total. The largest absolute Gasteiger partial charge is 0.352 e. The van der Waals surface area contributed by atoms with Crippen molar-refractivity contribution in [2.24, 2.45) is 5.92 Å². The lowest BCUT2D eigenvalue weighted by Crippen LogP contribution is -2.52. The quantitative estimate of drug-likeness (QED) is 0.668. The Bertz CT molecular complexity index is 328. The van der Waals surface area contributed by atoms with Gasteiger partial charge in [0.1, 0.15) is 6.04 Å². The van der Waals surface area contributed by atoms with Crippen LogP contribution in [0.2, 0.25) is 0 Å². The molecule has 1 aliphatic carbocycles. The summed E-state index contributed by atoms with van der Waals surface area (Å²) in [5, 5.41) is 9.02. The molecule has 2 fully saturated rings. The van der Waals surface area contributed by atoms with Crippen molar-refractivity contribution in [3.63, 3.8) is 0 Å². The van der Waals surface area contributed by atoms with Gasteiger partial charge in [-0.05, 0) is 46.1 Å². The molecule has 3 N–H and O–H groups in total. The molecule has 1 heterocycles. The monoisotopic (exact) mass is 253 g/mol. The summed E-state index contributed by atoms with van der Waals surface area (Å²) in [5.74, 6) is -0.0923. The van der Waals surface area contributed by atoms with E-state index in [9.17, 15) is 9.59 Å². The highest BCUT2D eigenvalue weighted by atomic mass is 16.2. The molecule has 0 aromatic heterocycles. The van der Waals surface area contributed by atoms with Crippen LogP contribution >= 0.6 is 0 Å². The summed E-state index contributed by atoms with van der Waals surface area (Å²) >= 11 is 0. The van der Waals surface area contributed by atoms with Gasteiger partial charge in [0, 0.05) is 12.1 Å². The van der Waals surface area contributed by atoms with Gasteiger partial charge >= 0.3 is 0 Å². The Balaban J connectivity index is 1.79. The third kappa shape index (κ3) is 3.45. The molecule has 5 heteroatoms. The maximum atomic E-state index is 12.1. The maximum absolute atomic E-state index is 12.1. The van der Waals surface area contributed by atoms with E-state index in [2.05, 4.69) is 16.0 Å². The zero-order valence-corrected chi connectivity index (χ0v) is 11.2. The number of amides is 2. The number of piperidine rings is 1. The van der Waals surface area contributed by atoms with Crippen molar-refractivity contribution in [2.45, 2.75) is 57.7 Å². The van der Waals surface area contributed by atoms with Crippen LogP contribution < -0.4 is 16.0 Å². The van der Waals surface area contributed by atoms with Crippen molar-refractivity contribution in [2.75, 3.05) is 6.54 Å². The SMILES string of the molecule is CC(NC(=O)C1CCCNC1C)C(=O)NC1CC1. The molecule has 0 aromatic rings. The summed E-state index contributed by atoms with van der Waals surface area (Å²) in [5.41, 5.74) is 0. The Morgan fingerprint density at radius 1 is 1.28 bits per heavy atom. The van der Waals surface area contributed by atoms with E-state index < -0.39 is 6.04 Å². The highest BCUT2D eigenvalue weighted by Gasteiger charge is 2.30. The van der Waals surface area contributed by atoms with E-state index in [0.29, 0.717) is 6.04 Å². The summed E-state index contributed by atoms with van der Waals surface area (Å²) in [7, 11) is 0. The third-order valence-corrected chi connectivity index (χ3v) is 3.77. The van der Waals surface area contributed by atoms with Crippen LogP contribution in [-0.2, 0) is 9.59 Å². The van der Waals surface area contributed by atoms with Gasteiger partial charge in [0.25, 0.3) is 0 Å². The lowest BCUT2D eigenvalue weighted by atomic mass is 9.91. The summed E-state index contributed by atoms with van der Waals surface area (Å²) in [6.07, 6.45) is 4.05. The van der Waals surface area contributed by atoms with E-state index in [1.54, 1.807) is 6.92 Å². The molecule has 1 saturated heterocycles. The number of carbonyl (C=O) groups is 2. The first-order valence-corrected chi connectivity index (χ1v) is 6.92. The molecule has 3 atom stereocenters. The molecule has 102 valence electrons. The molecule has 3 unspecified atom stereocenters. The molecule has 18 heavy (non-hydrogen) atoms. The molecule has 2 rings (SSSR count). The smallest absolute Gasteiger partial charge is 0.242 e. The molecule has 0 aromatic carbocycles.